The lowest BCUT2D eigenvalue weighted by Gasteiger charge is -2.41. The summed E-state index contributed by atoms with van der Waals surface area (Å²) >= 11 is 0. The summed E-state index contributed by atoms with van der Waals surface area (Å²) in [4.78, 5) is 13.2. The van der Waals surface area contributed by atoms with Crippen molar-refractivity contribution < 1.29 is 74.4 Å². The van der Waals surface area contributed by atoms with Crippen molar-refractivity contribution in [2.75, 3.05) is 13.2 Å². The van der Waals surface area contributed by atoms with E-state index in [0.29, 0.717) is 5.56 Å². The van der Waals surface area contributed by atoms with Crippen LogP contribution in [0.1, 0.15) is 0 Å². The van der Waals surface area contributed by atoms with E-state index in [1.165, 1.54) is 24.3 Å². The van der Waals surface area contributed by atoms with Crippen LogP contribution in [-0.4, -0.2) is 126 Å². The molecule has 2 saturated heterocycles. The number of benzene rings is 2. The molecule has 10 atom stereocenters. The van der Waals surface area contributed by atoms with Crippen molar-refractivity contribution in [3.63, 3.8) is 0 Å². The third-order valence-electron chi connectivity index (χ3n) is 7.24. The maximum absolute atomic E-state index is 13.2. The Morgan fingerprint density at radius 3 is 1.77 bits per heavy atom. The molecule has 0 spiro atoms. The number of aliphatic hydroxyl groups excluding tert-OH is 8. The predicted molar refractivity (Wildman–Crippen MR) is 140 cm³/mol. The Bertz CT molecular complexity index is 1490. The number of fused-ring (bicyclic) bond motifs is 1. The largest absolute Gasteiger partial charge is 0.508 e. The fourth-order valence-electron chi connectivity index (χ4n) is 4.80. The van der Waals surface area contributed by atoms with Crippen LogP contribution >= 0.6 is 0 Å². The molecule has 2 fully saturated rings. The zero-order valence-electron chi connectivity index (χ0n) is 22.1. The summed E-state index contributed by atoms with van der Waals surface area (Å²) in [5.74, 6) is -2.19. The molecule has 3 aromatic rings. The van der Waals surface area contributed by atoms with E-state index in [1.54, 1.807) is 0 Å². The highest BCUT2D eigenvalue weighted by molar-refractivity contribution is 5.89. The fourth-order valence-corrected chi connectivity index (χ4v) is 4.80. The molecule has 0 aliphatic carbocycles. The van der Waals surface area contributed by atoms with Crippen molar-refractivity contribution in [3.05, 3.63) is 46.6 Å². The highest BCUT2D eigenvalue weighted by atomic mass is 16.7. The lowest BCUT2D eigenvalue weighted by Crippen LogP contribution is -2.60. The minimum absolute atomic E-state index is 0.0123. The van der Waals surface area contributed by atoms with Gasteiger partial charge in [-0.1, -0.05) is 0 Å². The molecule has 3 heterocycles. The summed E-state index contributed by atoms with van der Waals surface area (Å²) < 4.78 is 27.8. The first-order valence-electron chi connectivity index (χ1n) is 13.0. The first-order valence-corrected chi connectivity index (χ1v) is 13.0. The zero-order valence-corrected chi connectivity index (χ0v) is 22.1. The Labute approximate surface area is 241 Å². The highest BCUT2D eigenvalue weighted by Gasteiger charge is 2.47. The summed E-state index contributed by atoms with van der Waals surface area (Å²) in [6, 6.07) is 7.71. The van der Waals surface area contributed by atoms with E-state index < -0.39 is 103 Å². The Morgan fingerprint density at radius 2 is 1.23 bits per heavy atom. The number of aromatic hydroxyl groups is 2. The van der Waals surface area contributed by atoms with E-state index in [9.17, 15) is 55.9 Å². The molecule has 2 aliphatic rings. The molecule has 2 aromatic carbocycles. The van der Waals surface area contributed by atoms with Gasteiger partial charge in [0.15, 0.2) is 16.9 Å². The van der Waals surface area contributed by atoms with Gasteiger partial charge in [0, 0.05) is 17.7 Å². The van der Waals surface area contributed by atoms with Gasteiger partial charge in [0.05, 0.1) is 13.2 Å². The second kappa shape index (κ2) is 12.2. The van der Waals surface area contributed by atoms with Gasteiger partial charge in [0.25, 0.3) is 0 Å². The van der Waals surface area contributed by atoms with Crippen LogP contribution in [0, 0.1) is 0 Å². The quantitative estimate of drug-likeness (QED) is 0.130. The Kier molecular flexibility index (Phi) is 8.77. The Hall–Kier alpha value is -3.55. The molecule has 234 valence electrons. The summed E-state index contributed by atoms with van der Waals surface area (Å²) in [5, 5.41) is 101. The second-order valence-corrected chi connectivity index (χ2v) is 10.1. The molecule has 0 saturated carbocycles. The number of rotatable bonds is 7. The normalized spacial score (nSPS) is 32.9. The van der Waals surface area contributed by atoms with E-state index in [1.807, 2.05) is 0 Å². The number of aliphatic hydroxyl groups is 8. The van der Waals surface area contributed by atoms with Crippen LogP contribution in [0.15, 0.2) is 45.6 Å². The van der Waals surface area contributed by atoms with Crippen LogP contribution in [0.2, 0.25) is 0 Å². The summed E-state index contributed by atoms with van der Waals surface area (Å²) in [6.45, 7) is -1.58. The molecule has 43 heavy (non-hydrogen) atoms. The van der Waals surface area contributed by atoms with Crippen molar-refractivity contribution in [2.45, 2.75) is 61.4 Å². The predicted octanol–water partition coefficient (Wildman–Crippen LogP) is -2.77. The van der Waals surface area contributed by atoms with Crippen LogP contribution in [0.25, 0.3) is 22.3 Å². The molecule has 5 rings (SSSR count). The average Bonchev–Trinajstić information content (AvgIpc) is 2.99. The zero-order chi connectivity index (χ0) is 31.2. The Balaban J connectivity index is 1.62. The number of phenols is 2. The van der Waals surface area contributed by atoms with Crippen molar-refractivity contribution in [2.24, 2.45) is 0 Å². The molecule has 0 amide bonds. The van der Waals surface area contributed by atoms with E-state index in [2.05, 4.69) is 0 Å². The molecule has 0 unspecified atom stereocenters. The van der Waals surface area contributed by atoms with Gasteiger partial charge in [-0.15, -0.1) is 0 Å². The van der Waals surface area contributed by atoms with Crippen LogP contribution in [-0.2, 0) is 9.47 Å². The minimum atomic E-state index is -1.94. The van der Waals surface area contributed by atoms with Crippen molar-refractivity contribution >= 4 is 11.0 Å². The van der Waals surface area contributed by atoms with E-state index in [-0.39, 0.29) is 17.1 Å². The van der Waals surface area contributed by atoms with Crippen LogP contribution < -0.4 is 14.9 Å². The van der Waals surface area contributed by atoms with Crippen molar-refractivity contribution in [1.29, 1.82) is 0 Å². The monoisotopic (exact) mass is 610 g/mol. The smallest absolute Gasteiger partial charge is 0.229 e. The van der Waals surface area contributed by atoms with Gasteiger partial charge in [-0.3, -0.25) is 4.79 Å². The maximum atomic E-state index is 13.2. The molecule has 10 N–H and O–H groups in total. The molecule has 16 nitrogen and oxygen atoms in total. The van der Waals surface area contributed by atoms with Gasteiger partial charge >= 0.3 is 0 Å². The molecule has 0 radical (unpaired) electrons. The second-order valence-electron chi connectivity index (χ2n) is 10.1. The lowest BCUT2D eigenvalue weighted by molar-refractivity contribution is -0.282. The van der Waals surface area contributed by atoms with Gasteiger partial charge < -0.3 is 74.4 Å². The summed E-state index contributed by atoms with van der Waals surface area (Å²) in [6.07, 6.45) is -17.5. The van der Waals surface area contributed by atoms with Gasteiger partial charge in [0.1, 0.15) is 71.3 Å². The van der Waals surface area contributed by atoms with Crippen molar-refractivity contribution in [1.82, 2.24) is 0 Å². The fraction of sp³-hybridized carbons (Fsp3) is 0.444. The van der Waals surface area contributed by atoms with E-state index in [0.717, 1.165) is 12.1 Å². The minimum Gasteiger partial charge on any atom is -0.508 e. The molecule has 0 bridgehead atoms. The van der Waals surface area contributed by atoms with Crippen molar-refractivity contribution in [3.8, 4) is 34.3 Å². The van der Waals surface area contributed by atoms with Crippen LogP contribution in [0.3, 0.4) is 0 Å². The molecular weight excluding hydrogens is 580 g/mol. The number of hydrogen-bond acceptors (Lipinski definition) is 16. The first kappa shape index (κ1) is 30.9. The number of ether oxygens (including phenoxy) is 4. The lowest BCUT2D eigenvalue weighted by atomic mass is 9.99. The molecular formula is C27H30O16. The molecule has 1 aromatic heterocycles. The topological polar surface area (TPSA) is 269 Å². The summed E-state index contributed by atoms with van der Waals surface area (Å²) in [5.41, 5.74) is -0.692. The third kappa shape index (κ3) is 5.73. The highest BCUT2D eigenvalue weighted by Crippen LogP contribution is 2.45. The van der Waals surface area contributed by atoms with Gasteiger partial charge in [-0.05, 0) is 24.3 Å². The summed E-state index contributed by atoms with van der Waals surface area (Å²) in [7, 11) is 0. The molecule has 2 aliphatic heterocycles. The van der Waals surface area contributed by atoms with Gasteiger partial charge in [-0.2, -0.15) is 0 Å². The van der Waals surface area contributed by atoms with E-state index >= 15 is 0 Å². The van der Waals surface area contributed by atoms with Crippen LogP contribution in [0.4, 0.5) is 0 Å². The molecule has 16 heteroatoms. The average molecular weight is 611 g/mol. The number of hydrogen-bond donors (Lipinski definition) is 10. The van der Waals surface area contributed by atoms with E-state index in [4.69, 9.17) is 23.4 Å². The third-order valence-corrected chi connectivity index (χ3v) is 7.24. The SMILES string of the molecule is O=c1cc(-c2ccc(O)cc2)oc2cc(O[C@H]3O[C@@H](CO)[C@H](O)[C@@H](O)[C@@H]3O)c(O[C@H]3O[C@@H](CO)[C@H](O)[C@@H](O)[C@@H]3O)c(O)c12. The Morgan fingerprint density at radius 1 is 0.698 bits per heavy atom. The standard InChI is InChI=1S/C27H30O16/c28-7-15-18(32)21(35)23(37)26(41-15)40-14-6-13-17(11(31)5-12(39-13)9-1-3-10(30)4-2-9)20(34)25(14)43-27-24(38)22(36)19(33)16(8-29)42-27/h1-6,15-16,18-19,21-24,26-30,32-38H,7-8H2/t15-,16-,18-,19-,21+,22+,23-,24-,26-,27+/m0/s1. The maximum Gasteiger partial charge on any atom is 0.229 e. The van der Waals surface area contributed by atoms with Crippen LogP contribution in [0.5, 0.6) is 23.0 Å². The van der Waals surface area contributed by atoms with Gasteiger partial charge in [0.2, 0.25) is 18.3 Å². The number of phenolic OH excluding ortho intramolecular Hbond substituents is 2. The first-order chi connectivity index (χ1) is 20.4. The van der Waals surface area contributed by atoms with Gasteiger partial charge in [-0.25, -0.2) is 0 Å².